The summed E-state index contributed by atoms with van der Waals surface area (Å²) in [4.78, 5) is 0. The van der Waals surface area contributed by atoms with Gasteiger partial charge in [0.25, 0.3) is 0 Å². The summed E-state index contributed by atoms with van der Waals surface area (Å²) < 4.78 is 6.17. The number of methoxy groups -OCH3 is 1. The number of hydrogen-bond acceptors (Lipinski definition) is 1. The van der Waals surface area contributed by atoms with Crippen molar-refractivity contribution in [2.75, 3.05) is 7.11 Å². The highest BCUT2D eigenvalue weighted by Crippen LogP contribution is 2.30. The van der Waals surface area contributed by atoms with Crippen LogP contribution in [0.2, 0.25) is 0 Å². The molecule has 86 valence electrons. The SMILES string of the molecule is C=C(c1ccccc1)c1ccc(OC)cc1Br. The monoisotopic (exact) mass is 288 g/mol. The predicted molar refractivity (Wildman–Crippen MR) is 75.3 cm³/mol. The van der Waals surface area contributed by atoms with Crippen molar-refractivity contribution in [1.29, 1.82) is 0 Å². The molecule has 2 rings (SSSR count). The molecular weight excluding hydrogens is 276 g/mol. The van der Waals surface area contributed by atoms with Crippen LogP contribution in [-0.4, -0.2) is 7.11 Å². The van der Waals surface area contributed by atoms with Crippen molar-refractivity contribution in [2.45, 2.75) is 0 Å². The molecule has 0 fully saturated rings. The molecule has 0 radical (unpaired) electrons. The Hall–Kier alpha value is -1.54. The van der Waals surface area contributed by atoms with E-state index in [1.165, 1.54) is 0 Å². The Morgan fingerprint density at radius 1 is 1.12 bits per heavy atom. The van der Waals surface area contributed by atoms with Crippen molar-refractivity contribution in [3.63, 3.8) is 0 Å². The molecule has 0 unspecified atom stereocenters. The zero-order chi connectivity index (χ0) is 12.3. The van der Waals surface area contributed by atoms with Crippen LogP contribution in [0.4, 0.5) is 0 Å². The zero-order valence-corrected chi connectivity index (χ0v) is 11.2. The van der Waals surface area contributed by atoms with Crippen LogP contribution < -0.4 is 4.74 Å². The minimum Gasteiger partial charge on any atom is -0.497 e. The molecular formula is C15H13BrO. The van der Waals surface area contributed by atoms with Gasteiger partial charge in [-0.2, -0.15) is 0 Å². The highest BCUT2D eigenvalue weighted by atomic mass is 79.9. The van der Waals surface area contributed by atoms with Crippen molar-refractivity contribution >= 4 is 21.5 Å². The van der Waals surface area contributed by atoms with Gasteiger partial charge in [-0.05, 0) is 34.9 Å². The molecule has 0 saturated heterocycles. The second kappa shape index (κ2) is 5.19. The van der Waals surface area contributed by atoms with Crippen LogP contribution in [0, 0.1) is 0 Å². The van der Waals surface area contributed by atoms with E-state index in [0.717, 1.165) is 26.9 Å². The van der Waals surface area contributed by atoms with Gasteiger partial charge in [0.1, 0.15) is 5.75 Å². The van der Waals surface area contributed by atoms with E-state index in [1.807, 2.05) is 36.4 Å². The van der Waals surface area contributed by atoms with Crippen LogP contribution in [0.3, 0.4) is 0 Å². The lowest BCUT2D eigenvalue weighted by molar-refractivity contribution is 0.414. The molecule has 0 spiro atoms. The Kier molecular flexibility index (Phi) is 3.64. The highest BCUT2D eigenvalue weighted by molar-refractivity contribution is 9.10. The standard InChI is InChI=1S/C15H13BrO/c1-11(12-6-4-3-5-7-12)14-9-8-13(17-2)10-15(14)16/h3-10H,1H2,2H3. The molecule has 1 nitrogen and oxygen atoms in total. The summed E-state index contributed by atoms with van der Waals surface area (Å²) >= 11 is 3.54. The molecule has 0 heterocycles. The van der Waals surface area contributed by atoms with Crippen LogP contribution in [0.1, 0.15) is 11.1 Å². The van der Waals surface area contributed by atoms with Gasteiger partial charge in [-0.3, -0.25) is 0 Å². The normalized spacial score (nSPS) is 10.0. The first-order chi connectivity index (χ1) is 8.22. The van der Waals surface area contributed by atoms with E-state index < -0.39 is 0 Å². The van der Waals surface area contributed by atoms with Crippen LogP contribution in [0.5, 0.6) is 5.75 Å². The van der Waals surface area contributed by atoms with Crippen molar-refractivity contribution in [3.8, 4) is 5.75 Å². The van der Waals surface area contributed by atoms with Gasteiger partial charge in [0.2, 0.25) is 0 Å². The topological polar surface area (TPSA) is 9.23 Å². The summed E-state index contributed by atoms with van der Waals surface area (Å²) in [5.41, 5.74) is 3.20. The van der Waals surface area contributed by atoms with Gasteiger partial charge in [0.05, 0.1) is 7.11 Å². The summed E-state index contributed by atoms with van der Waals surface area (Å²) in [7, 11) is 1.66. The van der Waals surface area contributed by atoms with E-state index in [1.54, 1.807) is 7.11 Å². The Morgan fingerprint density at radius 2 is 1.82 bits per heavy atom. The molecule has 2 aromatic carbocycles. The second-order valence-corrected chi connectivity index (χ2v) is 4.54. The minimum atomic E-state index is 0.835. The van der Waals surface area contributed by atoms with Gasteiger partial charge >= 0.3 is 0 Å². The van der Waals surface area contributed by atoms with E-state index in [0.29, 0.717) is 0 Å². The predicted octanol–water partition coefficient (Wildman–Crippen LogP) is 4.52. The van der Waals surface area contributed by atoms with Gasteiger partial charge in [0, 0.05) is 4.47 Å². The summed E-state index contributed by atoms with van der Waals surface area (Å²) in [6.45, 7) is 4.14. The van der Waals surface area contributed by atoms with Crippen molar-refractivity contribution in [1.82, 2.24) is 0 Å². The van der Waals surface area contributed by atoms with E-state index in [4.69, 9.17) is 4.74 Å². The van der Waals surface area contributed by atoms with Crippen LogP contribution in [-0.2, 0) is 0 Å². The minimum absolute atomic E-state index is 0.835. The van der Waals surface area contributed by atoms with Crippen molar-refractivity contribution in [3.05, 3.63) is 70.7 Å². The molecule has 0 aliphatic carbocycles. The maximum Gasteiger partial charge on any atom is 0.120 e. The smallest absolute Gasteiger partial charge is 0.120 e. The maximum absolute atomic E-state index is 5.18. The molecule has 2 aromatic rings. The average Bonchev–Trinajstić information content (AvgIpc) is 2.39. The van der Waals surface area contributed by atoms with Gasteiger partial charge in [-0.25, -0.2) is 0 Å². The number of hydrogen-bond donors (Lipinski definition) is 0. The zero-order valence-electron chi connectivity index (χ0n) is 9.61. The fraction of sp³-hybridized carbons (Fsp3) is 0.0667. The molecule has 0 aliphatic rings. The number of halogens is 1. The van der Waals surface area contributed by atoms with Crippen LogP contribution >= 0.6 is 15.9 Å². The summed E-state index contributed by atoms with van der Waals surface area (Å²) in [5, 5.41) is 0. The lowest BCUT2D eigenvalue weighted by Gasteiger charge is -2.10. The fourth-order valence-corrected chi connectivity index (χ4v) is 2.26. The van der Waals surface area contributed by atoms with E-state index in [2.05, 4.69) is 34.6 Å². The summed E-state index contributed by atoms with van der Waals surface area (Å²) in [5.74, 6) is 0.835. The maximum atomic E-state index is 5.18. The van der Waals surface area contributed by atoms with Crippen LogP contribution in [0.15, 0.2) is 59.6 Å². The molecule has 0 aromatic heterocycles. The molecule has 2 heteroatoms. The van der Waals surface area contributed by atoms with Crippen molar-refractivity contribution < 1.29 is 4.74 Å². The Bertz CT molecular complexity index is 532. The number of ether oxygens (including phenoxy) is 1. The first-order valence-corrected chi connectivity index (χ1v) is 6.10. The molecule has 0 bridgehead atoms. The molecule has 17 heavy (non-hydrogen) atoms. The van der Waals surface area contributed by atoms with E-state index in [9.17, 15) is 0 Å². The van der Waals surface area contributed by atoms with Gasteiger partial charge in [0.15, 0.2) is 0 Å². The summed E-state index contributed by atoms with van der Waals surface area (Å²) in [6.07, 6.45) is 0. The van der Waals surface area contributed by atoms with Crippen molar-refractivity contribution in [2.24, 2.45) is 0 Å². The van der Waals surface area contributed by atoms with Gasteiger partial charge in [-0.1, -0.05) is 52.8 Å². The van der Waals surface area contributed by atoms with Gasteiger partial charge < -0.3 is 4.74 Å². The quantitative estimate of drug-likeness (QED) is 0.807. The third kappa shape index (κ3) is 2.59. The number of benzene rings is 2. The lowest BCUT2D eigenvalue weighted by atomic mass is 10.00. The van der Waals surface area contributed by atoms with E-state index in [-0.39, 0.29) is 0 Å². The molecule has 0 aliphatic heterocycles. The summed E-state index contributed by atoms with van der Waals surface area (Å²) in [6, 6.07) is 16.0. The Balaban J connectivity index is 2.38. The molecule has 0 amide bonds. The van der Waals surface area contributed by atoms with Crippen LogP contribution in [0.25, 0.3) is 5.57 Å². The Labute approximate surface area is 110 Å². The average molecular weight is 289 g/mol. The van der Waals surface area contributed by atoms with Gasteiger partial charge in [-0.15, -0.1) is 0 Å². The third-order valence-electron chi connectivity index (χ3n) is 2.62. The first-order valence-electron chi connectivity index (χ1n) is 5.30. The number of rotatable bonds is 3. The Morgan fingerprint density at radius 3 is 2.41 bits per heavy atom. The molecule has 0 saturated carbocycles. The fourth-order valence-electron chi connectivity index (χ4n) is 1.66. The lowest BCUT2D eigenvalue weighted by Crippen LogP contribution is -1.89. The van der Waals surface area contributed by atoms with E-state index >= 15 is 0 Å². The second-order valence-electron chi connectivity index (χ2n) is 3.69. The third-order valence-corrected chi connectivity index (χ3v) is 3.28. The largest absolute Gasteiger partial charge is 0.497 e. The molecule has 0 atom stereocenters. The molecule has 0 N–H and O–H groups in total. The highest BCUT2D eigenvalue weighted by Gasteiger charge is 2.07. The first kappa shape index (κ1) is 11.9.